The second-order valence-electron chi connectivity index (χ2n) is 4.14. The van der Waals surface area contributed by atoms with E-state index in [1.165, 1.54) is 31.4 Å². The average Bonchev–Trinajstić information content (AvgIpc) is 2.41. The lowest BCUT2D eigenvalue weighted by molar-refractivity contribution is 0.103. The highest BCUT2D eigenvalue weighted by molar-refractivity contribution is 6.10. The minimum atomic E-state index is -0.545. The van der Waals surface area contributed by atoms with Crippen molar-refractivity contribution in [3.8, 4) is 5.75 Å². The number of carbonyl (C=O) groups is 1. The second kappa shape index (κ2) is 5.18. The summed E-state index contributed by atoms with van der Waals surface area (Å²) in [6, 6.07) is 7.80. The Hall–Kier alpha value is -2.23. The molecule has 0 radical (unpaired) electrons. The van der Waals surface area contributed by atoms with Gasteiger partial charge in [0, 0.05) is 5.56 Å². The summed E-state index contributed by atoms with van der Waals surface area (Å²) in [5.74, 6) is -1.24. The van der Waals surface area contributed by atoms with E-state index in [0.717, 1.165) is 12.1 Å². The molecule has 2 nitrogen and oxygen atoms in total. The van der Waals surface area contributed by atoms with E-state index >= 15 is 0 Å². The Balaban J connectivity index is 2.49. The van der Waals surface area contributed by atoms with Crippen LogP contribution in [-0.2, 0) is 0 Å². The van der Waals surface area contributed by atoms with Crippen LogP contribution in [0, 0.1) is 18.6 Å². The van der Waals surface area contributed by atoms with Crippen molar-refractivity contribution in [1.82, 2.24) is 0 Å². The zero-order valence-electron chi connectivity index (χ0n) is 10.5. The fourth-order valence-corrected chi connectivity index (χ4v) is 1.75. The van der Waals surface area contributed by atoms with Gasteiger partial charge in [-0.3, -0.25) is 4.79 Å². The molecule has 2 rings (SSSR count). The van der Waals surface area contributed by atoms with Crippen molar-refractivity contribution in [2.45, 2.75) is 6.92 Å². The Labute approximate surface area is 109 Å². The molecule has 0 aromatic heterocycles. The van der Waals surface area contributed by atoms with Gasteiger partial charge in [-0.05, 0) is 36.8 Å². The van der Waals surface area contributed by atoms with E-state index in [9.17, 15) is 13.6 Å². The minimum absolute atomic E-state index is 0.0748. The molecule has 0 heterocycles. The molecule has 0 unspecified atom stereocenters. The standard InChI is InChI=1S/C15H12F2O2/c1-9-3-4-10(7-13(9)17)15(18)12-8-11(16)5-6-14(12)19-2/h3-8H,1-2H3. The molecule has 2 aromatic carbocycles. The normalized spacial score (nSPS) is 10.3. The maximum absolute atomic E-state index is 13.5. The van der Waals surface area contributed by atoms with Gasteiger partial charge in [0.1, 0.15) is 17.4 Å². The van der Waals surface area contributed by atoms with Crippen LogP contribution in [0.1, 0.15) is 21.5 Å². The molecule has 0 fully saturated rings. The van der Waals surface area contributed by atoms with Crippen LogP contribution in [0.2, 0.25) is 0 Å². The van der Waals surface area contributed by atoms with E-state index in [-0.39, 0.29) is 16.9 Å². The van der Waals surface area contributed by atoms with Gasteiger partial charge < -0.3 is 4.74 Å². The zero-order valence-corrected chi connectivity index (χ0v) is 10.5. The molecule has 0 saturated heterocycles. The van der Waals surface area contributed by atoms with Gasteiger partial charge >= 0.3 is 0 Å². The number of halogens is 2. The molecule has 98 valence electrons. The Morgan fingerprint density at radius 3 is 2.47 bits per heavy atom. The van der Waals surface area contributed by atoms with E-state index in [1.54, 1.807) is 6.92 Å². The van der Waals surface area contributed by atoms with Gasteiger partial charge in [0.2, 0.25) is 0 Å². The van der Waals surface area contributed by atoms with E-state index in [4.69, 9.17) is 4.74 Å². The number of carbonyl (C=O) groups excluding carboxylic acids is 1. The lowest BCUT2D eigenvalue weighted by Gasteiger charge is -2.08. The van der Waals surface area contributed by atoms with Crippen LogP contribution < -0.4 is 4.74 Å². The van der Waals surface area contributed by atoms with Crippen molar-refractivity contribution < 1.29 is 18.3 Å². The molecule has 2 aromatic rings. The van der Waals surface area contributed by atoms with Crippen LogP contribution in [0.3, 0.4) is 0 Å². The predicted molar refractivity (Wildman–Crippen MR) is 67.5 cm³/mol. The maximum Gasteiger partial charge on any atom is 0.196 e. The van der Waals surface area contributed by atoms with Gasteiger partial charge in [-0.25, -0.2) is 8.78 Å². The summed E-state index contributed by atoms with van der Waals surface area (Å²) < 4.78 is 31.7. The summed E-state index contributed by atoms with van der Waals surface area (Å²) >= 11 is 0. The number of rotatable bonds is 3. The summed E-state index contributed by atoms with van der Waals surface area (Å²) in [5, 5.41) is 0. The Bertz CT molecular complexity index is 636. The fourth-order valence-electron chi connectivity index (χ4n) is 1.75. The van der Waals surface area contributed by atoms with Crippen LogP contribution in [-0.4, -0.2) is 12.9 Å². The molecule has 0 saturated carbocycles. The van der Waals surface area contributed by atoms with Crippen molar-refractivity contribution >= 4 is 5.78 Å². The van der Waals surface area contributed by atoms with Crippen LogP contribution in [0.5, 0.6) is 5.75 Å². The third kappa shape index (κ3) is 2.62. The zero-order chi connectivity index (χ0) is 14.0. The summed E-state index contributed by atoms with van der Waals surface area (Å²) in [7, 11) is 1.39. The molecule has 0 aliphatic carbocycles. The molecule has 0 bridgehead atoms. The van der Waals surface area contributed by atoms with Crippen LogP contribution in [0.15, 0.2) is 36.4 Å². The first-order valence-electron chi connectivity index (χ1n) is 5.67. The van der Waals surface area contributed by atoms with E-state index in [2.05, 4.69) is 0 Å². The van der Waals surface area contributed by atoms with Crippen molar-refractivity contribution in [2.24, 2.45) is 0 Å². The summed E-state index contributed by atoms with van der Waals surface area (Å²) in [4.78, 5) is 12.2. The SMILES string of the molecule is COc1ccc(F)cc1C(=O)c1ccc(C)c(F)c1. The van der Waals surface area contributed by atoms with Gasteiger partial charge in [-0.2, -0.15) is 0 Å². The molecule has 0 spiro atoms. The first kappa shape index (κ1) is 13.2. The summed E-state index contributed by atoms with van der Waals surface area (Å²) in [6.07, 6.45) is 0. The number of methoxy groups -OCH3 is 1. The Morgan fingerprint density at radius 1 is 1.11 bits per heavy atom. The smallest absolute Gasteiger partial charge is 0.196 e. The molecule has 0 aliphatic rings. The average molecular weight is 262 g/mol. The summed E-state index contributed by atoms with van der Waals surface area (Å²) in [6.45, 7) is 1.60. The predicted octanol–water partition coefficient (Wildman–Crippen LogP) is 3.51. The second-order valence-corrected chi connectivity index (χ2v) is 4.14. The van der Waals surface area contributed by atoms with Gasteiger partial charge in [-0.1, -0.05) is 12.1 Å². The van der Waals surface area contributed by atoms with Crippen molar-refractivity contribution in [2.75, 3.05) is 7.11 Å². The fraction of sp³-hybridized carbons (Fsp3) is 0.133. The molecule has 0 amide bonds. The van der Waals surface area contributed by atoms with E-state index in [1.807, 2.05) is 0 Å². The van der Waals surface area contributed by atoms with Crippen LogP contribution in [0.4, 0.5) is 8.78 Å². The lowest BCUT2D eigenvalue weighted by atomic mass is 10.0. The quantitative estimate of drug-likeness (QED) is 0.791. The molecular formula is C15H12F2O2. The van der Waals surface area contributed by atoms with E-state index < -0.39 is 17.4 Å². The first-order chi connectivity index (χ1) is 9.02. The van der Waals surface area contributed by atoms with Gasteiger partial charge in [0.15, 0.2) is 5.78 Å². The van der Waals surface area contributed by atoms with Crippen LogP contribution >= 0.6 is 0 Å². The monoisotopic (exact) mass is 262 g/mol. The van der Waals surface area contributed by atoms with Crippen molar-refractivity contribution in [3.05, 3.63) is 64.7 Å². The van der Waals surface area contributed by atoms with Crippen molar-refractivity contribution in [3.63, 3.8) is 0 Å². The third-order valence-corrected chi connectivity index (χ3v) is 2.84. The number of ether oxygens (including phenoxy) is 1. The molecule has 0 aliphatic heterocycles. The van der Waals surface area contributed by atoms with Crippen molar-refractivity contribution in [1.29, 1.82) is 0 Å². The van der Waals surface area contributed by atoms with Gasteiger partial charge in [-0.15, -0.1) is 0 Å². The van der Waals surface area contributed by atoms with Crippen LogP contribution in [0.25, 0.3) is 0 Å². The van der Waals surface area contributed by atoms with E-state index in [0.29, 0.717) is 5.56 Å². The number of hydrogen-bond donors (Lipinski definition) is 0. The lowest BCUT2D eigenvalue weighted by Crippen LogP contribution is -2.05. The maximum atomic E-state index is 13.5. The Kier molecular flexibility index (Phi) is 3.60. The molecule has 0 atom stereocenters. The number of benzene rings is 2. The molecule has 4 heteroatoms. The molecule has 0 N–H and O–H groups in total. The highest BCUT2D eigenvalue weighted by Gasteiger charge is 2.16. The molecular weight excluding hydrogens is 250 g/mol. The Morgan fingerprint density at radius 2 is 1.84 bits per heavy atom. The topological polar surface area (TPSA) is 26.3 Å². The minimum Gasteiger partial charge on any atom is -0.496 e. The highest BCUT2D eigenvalue weighted by atomic mass is 19.1. The number of aryl methyl sites for hydroxylation is 1. The number of ketones is 1. The largest absolute Gasteiger partial charge is 0.496 e. The third-order valence-electron chi connectivity index (χ3n) is 2.84. The number of hydrogen-bond acceptors (Lipinski definition) is 2. The highest BCUT2D eigenvalue weighted by Crippen LogP contribution is 2.23. The first-order valence-corrected chi connectivity index (χ1v) is 5.67. The molecule has 19 heavy (non-hydrogen) atoms. The summed E-state index contributed by atoms with van der Waals surface area (Å²) in [5.41, 5.74) is 0.681. The van der Waals surface area contributed by atoms with Gasteiger partial charge in [0.25, 0.3) is 0 Å². The van der Waals surface area contributed by atoms with Gasteiger partial charge in [0.05, 0.1) is 12.7 Å².